The summed E-state index contributed by atoms with van der Waals surface area (Å²) >= 11 is 2.85. The lowest BCUT2D eigenvalue weighted by Gasteiger charge is -2.09. The van der Waals surface area contributed by atoms with Gasteiger partial charge in [-0.2, -0.15) is 0 Å². The highest BCUT2D eigenvalue weighted by Crippen LogP contribution is 2.28. The molecule has 0 aliphatic rings. The van der Waals surface area contributed by atoms with E-state index in [0.717, 1.165) is 0 Å². The van der Waals surface area contributed by atoms with E-state index in [9.17, 15) is 0 Å². The van der Waals surface area contributed by atoms with Crippen LogP contribution in [0.3, 0.4) is 0 Å². The lowest BCUT2D eigenvalue weighted by molar-refractivity contribution is 0.505. The Morgan fingerprint density at radius 1 is 0.652 bits per heavy atom. The Hall–Kier alpha value is -1.85. The minimum Gasteiger partial charge on any atom is -0.312 e. The molecule has 1 nitrogen and oxygen atoms in total. The normalized spacial score (nSPS) is 11.0. The van der Waals surface area contributed by atoms with Crippen molar-refractivity contribution in [1.29, 1.82) is 0 Å². The fraction of sp³-hybridized carbons (Fsp3) is 0.143. The van der Waals surface area contributed by atoms with Gasteiger partial charge in [-0.05, 0) is 65.6 Å². The zero-order valence-electron chi connectivity index (χ0n) is 13.9. The monoisotopic (exact) mass is 313 g/mol. The van der Waals surface area contributed by atoms with E-state index in [4.69, 9.17) is 0 Å². The van der Waals surface area contributed by atoms with Crippen molar-refractivity contribution < 1.29 is 0 Å². The number of fused-ring (bicyclic) bond motifs is 4. The molecule has 0 fully saturated rings. The third-order valence-corrected chi connectivity index (χ3v) is 4.24. The second-order valence-electron chi connectivity index (χ2n) is 6.27. The molecule has 0 saturated heterocycles. The van der Waals surface area contributed by atoms with Gasteiger partial charge in [0.05, 0.1) is 0 Å². The lowest BCUT2D eigenvalue weighted by Crippen LogP contribution is -2.03. The summed E-state index contributed by atoms with van der Waals surface area (Å²) in [6.07, 6.45) is 0. The fourth-order valence-electron chi connectivity index (χ4n) is 2.83. The van der Waals surface area contributed by atoms with Gasteiger partial charge < -0.3 is 4.90 Å². The molecule has 4 rings (SSSR count). The predicted molar refractivity (Wildman–Crippen MR) is 104 cm³/mol. The maximum atomic E-state index is 2.85. The highest BCUT2D eigenvalue weighted by Gasteiger charge is 2.03. The molecule has 23 heavy (non-hydrogen) atoms. The van der Waals surface area contributed by atoms with Crippen molar-refractivity contribution in [2.45, 2.75) is 0 Å². The zero-order chi connectivity index (χ0) is 16.4. The summed E-state index contributed by atoms with van der Waals surface area (Å²) in [5, 5.41) is 7.89. The summed E-state index contributed by atoms with van der Waals surface area (Å²) in [5.41, 5.74) is 0. The van der Waals surface area contributed by atoms with Crippen LogP contribution in [0.1, 0.15) is 0 Å². The maximum Gasteiger partial charge on any atom is 0.176 e. The van der Waals surface area contributed by atoms with Crippen LogP contribution < -0.4 is 4.43 Å². The summed E-state index contributed by atoms with van der Waals surface area (Å²) in [7, 11) is 6.00. The van der Waals surface area contributed by atoms with Crippen molar-refractivity contribution in [3.63, 3.8) is 0 Å². The second-order valence-corrected chi connectivity index (χ2v) is 6.90. The molecule has 0 atom stereocenters. The highest BCUT2D eigenvalue weighted by atomic mass is 27.0. The quantitative estimate of drug-likeness (QED) is 0.268. The summed E-state index contributed by atoms with van der Waals surface area (Å²) in [6.45, 7) is 0. The molecule has 4 aromatic rings. The molecule has 0 heterocycles. The SMILES string of the molecule is CN(C)C.[Al][c]1cccc2ccc3cc4ccccc4cc3c12. The minimum absolute atomic E-state index is 1.26. The molecule has 4 aromatic carbocycles. The van der Waals surface area contributed by atoms with Crippen LogP contribution in [-0.4, -0.2) is 42.3 Å². The number of rotatable bonds is 0. The molecule has 112 valence electrons. The van der Waals surface area contributed by atoms with Crippen molar-refractivity contribution in [1.82, 2.24) is 4.90 Å². The van der Waals surface area contributed by atoms with Gasteiger partial charge in [0, 0.05) is 0 Å². The Balaban J connectivity index is 0.000000354. The van der Waals surface area contributed by atoms with Gasteiger partial charge >= 0.3 is 0 Å². The van der Waals surface area contributed by atoms with Crippen LogP contribution in [0.25, 0.3) is 32.3 Å². The van der Waals surface area contributed by atoms with Gasteiger partial charge in [-0.3, -0.25) is 0 Å². The molecule has 0 bridgehead atoms. The van der Waals surface area contributed by atoms with E-state index in [1.165, 1.54) is 36.7 Å². The molecule has 0 amide bonds. The smallest absolute Gasteiger partial charge is 0.176 e. The van der Waals surface area contributed by atoms with Gasteiger partial charge in [0.2, 0.25) is 0 Å². The van der Waals surface area contributed by atoms with Gasteiger partial charge in [-0.1, -0.05) is 54.6 Å². The Morgan fingerprint density at radius 2 is 1.22 bits per heavy atom. The van der Waals surface area contributed by atoms with Crippen LogP contribution in [0, 0.1) is 0 Å². The Labute approximate surface area is 145 Å². The summed E-state index contributed by atoms with van der Waals surface area (Å²) in [5.74, 6) is 0. The van der Waals surface area contributed by atoms with Gasteiger partial charge in [0.1, 0.15) is 0 Å². The average Bonchev–Trinajstić information content (AvgIpc) is 2.52. The van der Waals surface area contributed by atoms with Crippen LogP contribution in [0.15, 0.2) is 66.7 Å². The first-order chi connectivity index (χ1) is 11.1. The van der Waals surface area contributed by atoms with Gasteiger partial charge in [-0.25, -0.2) is 0 Å². The lowest BCUT2D eigenvalue weighted by atomic mass is 9.98. The molecule has 0 aliphatic carbocycles. The van der Waals surface area contributed by atoms with Crippen LogP contribution in [0.4, 0.5) is 0 Å². The van der Waals surface area contributed by atoms with E-state index in [2.05, 4.69) is 83.0 Å². The summed E-state index contributed by atoms with van der Waals surface area (Å²) < 4.78 is 1.26. The van der Waals surface area contributed by atoms with E-state index >= 15 is 0 Å². The van der Waals surface area contributed by atoms with Crippen molar-refractivity contribution >= 4 is 53.0 Å². The Kier molecular flexibility index (Phi) is 4.69. The summed E-state index contributed by atoms with van der Waals surface area (Å²) in [4.78, 5) is 2.00. The number of hydrogen-bond acceptors (Lipinski definition) is 1. The van der Waals surface area contributed by atoms with E-state index in [1.807, 2.05) is 26.0 Å². The first-order valence-corrected chi connectivity index (χ1v) is 8.34. The van der Waals surface area contributed by atoms with Crippen LogP contribution in [0.5, 0.6) is 0 Å². The van der Waals surface area contributed by atoms with Crippen molar-refractivity contribution in [2.75, 3.05) is 21.1 Å². The zero-order valence-corrected chi connectivity index (χ0v) is 15.0. The van der Waals surface area contributed by atoms with Crippen molar-refractivity contribution in [2.24, 2.45) is 0 Å². The first-order valence-electron chi connectivity index (χ1n) is 7.77. The van der Waals surface area contributed by atoms with Gasteiger partial charge in [-0.15, -0.1) is 4.43 Å². The second kappa shape index (κ2) is 6.73. The van der Waals surface area contributed by atoms with Gasteiger partial charge in [0.15, 0.2) is 16.3 Å². The van der Waals surface area contributed by atoms with E-state index in [1.54, 1.807) is 0 Å². The minimum atomic E-state index is 1.26. The van der Waals surface area contributed by atoms with Crippen LogP contribution >= 0.6 is 0 Å². The molecule has 0 aliphatic heterocycles. The van der Waals surface area contributed by atoms with Crippen LogP contribution in [0.2, 0.25) is 0 Å². The van der Waals surface area contributed by atoms with E-state index in [0.29, 0.717) is 0 Å². The standard InChI is InChI=1S/C18H11.C3H9N.Al/c1-2-7-15-12-18-16(11-14(15)6-1)10-9-13-5-3-4-8-17(13)18;1-4(2)3;/h1-7,9-12H;1-3H3;. The number of benzene rings is 4. The predicted octanol–water partition coefficient (Wildman–Crippen LogP) is 4.12. The first kappa shape index (κ1) is 16.0. The third-order valence-electron chi connectivity index (χ3n) is 3.76. The van der Waals surface area contributed by atoms with E-state index in [-0.39, 0.29) is 0 Å². The Bertz CT molecular complexity index is 970. The average molecular weight is 313 g/mol. The number of hydrogen-bond donors (Lipinski definition) is 0. The number of nitrogens with zero attached hydrogens (tertiary/aromatic N) is 1. The molecule has 0 N–H and O–H groups in total. The van der Waals surface area contributed by atoms with Crippen molar-refractivity contribution in [3.05, 3.63) is 66.7 Å². The molecule has 2 heteroatoms. The molecular weight excluding hydrogens is 293 g/mol. The Morgan fingerprint density at radius 3 is 1.91 bits per heavy atom. The molecule has 2 radical (unpaired) electrons. The highest BCUT2D eigenvalue weighted by molar-refractivity contribution is 6.41. The molecule has 0 spiro atoms. The van der Waals surface area contributed by atoms with Crippen molar-refractivity contribution in [3.8, 4) is 0 Å². The van der Waals surface area contributed by atoms with Crippen LogP contribution in [-0.2, 0) is 0 Å². The summed E-state index contributed by atoms with van der Waals surface area (Å²) in [6, 6.07) is 24.0. The molecule has 0 saturated carbocycles. The van der Waals surface area contributed by atoms with Gasteiger partial charge in [0.25, 0.3) is 0 Å². The molecule has 0 unspecified atom stereocenters. The molecular formula is C21H20AlN. The third kappa shape index (κ3) is 3.41. The largest absolute Gasteiger partial charge is 0.312 e. The maximum absolute atomic E-state index is 2.85. The fourth-order valence-corrected chi connectivity index (χ4v) is 3.26. The topological polar surface area (TPSA) is 3.24 Å². The molecule has 0 aromatic heterocycles. The van der Waals surface area contributed by atoms with E-state index < -0.39 is 0 Å².